The van der Waals surface area contributed by atoms with Gasteiger partial charge in [0.25, 0.3) is 0 Å². The Hall–Kier alpha value is -2.66. The highest BCUT2D eigenvalue weighted by Crippen LogP contribution is 2.27. The standard InChI is InChI=1S/C13H16FN5O2/c1-20-6-3-7-21-11-5-2-4-9(14)12(11)19-18-10(8-15)13(16)17/h2,4-5,19H,3,6-7H2,1H3,(H3,16,17)/b18-10+. The maximum Gasteiger partial charge on any atom is 0.201 e. The number of nitrogens with two attached hydrogens (primary N) is 1. The van der Waals surface area contributed by atoms with Gasteiger partial charge in [-0.2, -0.15) is 10.4 Å². The van der Waals surface area contributed by atoms with Gasteiger partial charge in [-0.1, -0.05) is 6.07 Å². The van der Waals surface area contributed by atoms with Crippen molar-refractivity contribution >= 4 is 17.2 Å². The van der Waals surface area contributed by atoms with Crippen LogP contribution in [0.25, 0.3) is 0 Å². The molecule has 0 unspecified atom stereocenters. The average Bonchev–Trinajstić information content (AvgIpc) is 2.46. The van der Waals surface area contributed by atoms with Gasteiger partial charge < -0.3 is 15.2 Å². The Kier molecular flexibility index (Phi) is 6.63. The average molecular weight is 293 g/mol. The van der Waals surface area contributed by atoms with E-state index in [0.717, 1.165) is 0 Å². The van der Waals surface area contributed by atoms with Gasteiger partial charge in [-0.3, -0.25) is 10.8 Å². The Labute approximate surface area is 121 Å². The summed E-state index contributed by atoms with van der Waals surface area (Å²) < 4.78 is 24.1. The molecule has 0 spiro atoms. The molecule has 0 fully saturated rings. The molecule has 8 heteroatoms. The van der Waals surface area contributed by atoms with Gasteiger partial charge in [-0.05, 0) is 12.1 Å². The lowest BCUT2D eigenvalue weighted by Crippen LogP contribution is -2.22. The Morgan fingerprint density at radius 1 is 1.52 bits per heavy atom. The molecule has 0 heterocycles. The van der Waals surface area contributed by atoms with Crippen molar-refractivity contribution in [3.8, 4) is 11.8 Å². The summed E-state index contributed by atoms with van der Waals surface area (Å²) in [6, 6.07) is 5.91. The number of methoxy groups -OCH3 is 1. The highest BCUT2D eigenvalue weighted by Gasteiger charge is 2.10. The molecule has 1 rings (SSSR count). The molecule has 0 aromatic heterocycles. The number of halogens is 1. The second-order valence-electron chi connectivity index (χ2n) is 3.91. The predicted molar refractivity (Wildman–Crippen MR) is 77.0 cm³/mol. The highest BCUT2D eigenvalue weighted by atomic mass is 19.1. The molecule has 0 aliphatic rings. The number of benzene rings is 1. The minimum atomic E-state index is -0.594. The van der Waals surface area contributed by atoms with E-state index in [2.05, 4.69) is 10.5 Å². The summed E-state index contributed by atoms with van der Waals surface area (Å²) in [5, 5.41) is 19.4. The van der Waals surface area contributed by atoms with Gasteiger partial charge in [-0.25, -0.2) is 4.39 Å². The Bertz CT molecular complexity index is 568. The van der Waals surface area contributed by atoms with Gasteiger partial charge in [-0.15, -0.1) is 0 Å². The molecule has 1 aromatic carbocycles. The number of nitrogens with one attached hydrogen (secondary N) is 2. The van der Waals surface area contributed by atoms with Crippen LogP contribution in [0, 0.1) is 22.6 Å². The van der Waals surface area contributed by atoms with E-state index in [0.29, 0.717) is 19.6 Å². The van der Waals surface area contributed by atoms with Crippen LogP contribution in [0.15, 0.2) is 23.3 Å². The summed E-state index contributed by atoms with van der Waals surface area (Å²) in [4.78, 5) is 0. The van der Waals surface area contributed by atoms with Crippen LogP contribution in [0.5, 0.6) is 5.75 Å². The van der Waals surface area contributed by atoms with Crippen LogP contribution in [0.4, 0.5) is 10.1 Å². The minimum absolute atomic E-state index is 0.0242. The lowest BCUT2D eigenvalue weighted by molar-refractivity contribution is 0.172. The Balaban J connectivity index is 2.85. The number of amidine groups is 1. The van der Waals surface area contributed by atoms with Crippen molar-refractivity contribution in [2.24, 2.45) is 10.8 Å². The monoisotopic (exact) mass is 293 g/mol. The normalized spacial score (nSPS) is 10.8. The summed E-state index contributed by atoms with van der Waals surface area (Å²) >= 11 is 0. The fraction of sp³-hybridized carbons (Fsp3) is 0.308. The second-order valence-corrected chi connectivity index (χ2v) is 3.91. The second kappa shape index (κ2) is 8.50. The number of hydrazone groups is 1. The zero-order valence-corrected chi connectivity index (χ0v) is 11.5. The third-order valence-electron chi connectivity index (χ3n) is 2.37. The number of hydrogen-bond donors (Lipinski definition) is 3. The Morgan fingerprint density at radius 2 is 2.29 bits per heavy atom. The molecule has 112 valence electrons. The van der Waals surface area contributed by atoms with E-state index in [1.807, 2.05) is 0 Å². The van der Waals surface area contributed by atoms with Crippen LogP contribution in [-0.4, -0.2) is 31.9 Å². The van der Waals surface area contributed by atoms with E-state index >= 15 is 0 Å². The van der Waals surface area contributed by atoms with E-state index < -0.39 is 11.7 Å². The topological polar surface area (TPSA) is 117 Å². The quantitative estimate of drug-likeness (QED) is 0.290. The summed E-state index contributed by atoms with van der Waals surface area (Å²) in [5.41, 5.74) is 7.15. The van der Waals surface area contributed by atoms with Crippen molar-refractivity contribution in [1.29, 1.82) is 10.7 Å². The molecule has 0 aliphatic carbocycles. The third kappa shape index (κ3) is 5.08. The van der Waals surface area contributed by atoms with Crippen molar-refractivity contribution in [2.75, 3.05) is 25.7 Å². The number of nitriles is 1. The maximum atomic E-state index is 13.8. The maximum absolute atomic E-state index is 13.8. The first-order valence-corrected chi connectivity index (χ1v) is 6.08. The number of rotatable bonds is 8. The van der Waals surface area contributed by atoms with Crippen molar-refractivity contribution < 1.29 is 13.9 Å². The van der Waals surface area contributed by atoms with Crippen molar-refractivity contribution in [1.82, 2.24) is 0 Å². The van der Waals surface area contributed by atoms with Crippen LogP contribution < -0.4 is 15.9 Å². The van der Waals surface area contributed by atoms with Gasteiger partial charge in [0.2, 0.25) is 5.71 Å². The number of ether oxygens (including phenoxy) is 2. The van der Waals surface area contributed by atoms with Crippen LogP contribution >= 0.6 is 0 Å². The van der Waals surface area contributed by atoms with Crippen LogP contribution in [0.2, 0.25) is 0 Å². The van der Waals surface area contributed by atoms with Crippen LogP contribution in [0.1, 0.15) is 6.42 Å². The molecular weight excluding hydrogens is 277 g/mol. The van der Waals surface area contributed by atoms with E-state index in [9.17, 15) is 4.39 Å². The van der Waals surface area contributed by atoms with Gasteiger partial charge in [0.15, 0.2) is 11.7 Å². The molecule has 4 N–H and O–H groups in total. The molecule has 0 atom stereocenters. The summed E-state index contributed by atoms with van der Waals surface area (Å²) in [6.45, 7) is 0.868. The lowest BCUT2D eigenvalue weighted by atomic mass is 10.3. The number of anilines is 1. The number of hydrogen-bond acceptors (Lipinski definition) is 6. The van der Waals surface area contributed by atoms with Crippen molar-refractivity contribution in [2.45, 2.75) is 6.42 Å². The van der Waals surface area contributed by atoms with Crippen LogP contribution in [0.3, 0.4) is 0 Å². The Morgan fingerprint density at radius 3 is 2.90 bits per heavy atom. The first-order valence-electron chi connectivity index (χ1n) is 6.08. The summed E-state index contributed by atoms with van der Waals surface area (Å²) in [5.74, 6) is -0.858. The molecule has 0 amide bonds. The van der Waals surface area contributed by atoms with Gasteiger partial charge in [0, 0.05) is 20.1 Å². The molecular formula is C13H16FN5O2. The van der Waals surface area contributed by atoms with E-state index in [1.54, 1.807) is 19.2 Å². The third-order valence-corrected chi connectivity index (χ3v) is 2.37. The zero-order valence-electron chi connectivity index (χ0n) is 11.5. The highest BCUT2D eigenvalue weighted by molar-refractivity contribution is 6.45. The SMILES string of the molecule is COCCCOc1cccc(F)c1N/N=C(\C#N)C(=N)N. The molecule has 7 nitrogen and oxygen atoms in total. The molecule has 21 heavy (non-hydrogen) atoms. The molecule has 0 bridgehead atoms. The molecule has 0 saturated carbocycles. The van der Waals surface area contributed by atoms with Gasteiger partial charge in [0.1, 0.15) is 17.5 Å². The first kappa shape index (κ1) is 16.4. The van der Waals surface area contributed by atoms with Crippen LogP contribution in [-0.2, 0) is 4.74 Å². The lowest BCUT2D eigenvalue weighted by Gasteiger charge is -2.11. The van der Waals surface area contributed by atoms with E-state index in [1.165, 1.54) is 12.1 Å². The van der Waals surface area contributed by atoms with Crippen molar-refractivity contribution in [3.63, 3.8) is 0 Å². The molecule has 0 saturated heterocycles. The van der Waals surface area contributed by atoms with E-state index in [4.69, 9.17) is 25.9 Å². The van der Waals surface area contributed by atoms with E-state index in [-0.39, 0.29) is 17.1 Å². The predicted octanol–water partition coefficient (Wildman–Crippen LogP) is 1.47. The molecule has 0 aliphatic heterocycles. The fourth-order valence-corrected chi connectivity index (χ4v) is 1.38. The largest absolute Gasteiger partial charge is 0.491 e. The summed E-state index contributed by atoms with van der Waals surface area (Å²) in [7, 11) is 1.58. The fourth-order valence-electron chi connectivity index (χ4n) is 1.38. The molecule has 1 aromatic rings. The number of nitrogens with zero attached hydrogens (tertiary/aromatic N) is 2. The van der Waals surface area contributed by atoms with Crippen molar-refractivity contribution in [3.05, 3.63) is 24.0 Å². The first-order chi connectivity index (χ1) is 10.1. The number of para-hydroxylation sites is 1. The molecule has 0 radical (unpaired) electrons. The minimum Gasteiger partial charge on any atom is -0.491 e. The van der Waals surface area contributed by atoms with Gasteiger partial charge in [0.05, 0.1) is 6.61 Å². The van der Waals surface area contributed by atoms with Gasteiger partial charge >= 0.3 is 0 Å². The summed E-state index contributed by atoms with van der Waals surface area (Å²) in [6.07, 6.45) is 0.645. The smallest absolute Gasteiger partial charge is 0.201 e. The zero-order chi connectivity index (χ0) is 15.7.